The molecule has 0 saturated carbocycles. The maximum atomic E-state index is 13.7. The number of hydrogen-bond donors (Lipinski definition) is 1. The quantitative estimate of drug-likeness (QED) is 0.330. The second kappa shape index (κ2) is 12.9. The van der Waals surface area contributed by atoms with E-state index in [1.54, 1.807) is 13.8 Å². The summed E-state index contributed by atoms with van der Waals surface area (Å²) in [5.41, 5.74) is 3.37. The maximum Gasteiger partial charge on any atom is 0.419 e. The van der Waals surface area contributed by atoms with Crippen molar-refractivity contribution in [3.05, 3.63) is 75.1 Å². The summed E-state index contributed by atoms with van der Waals surface area (Å²) in [5, 5.41) is 2.59. The molecular formula is C28H36F4N2O3S. The van der Waals surface area contributed by atoms with Gasteiger partial charge in [-0.05, 0) is 87.9 Å². The van der Waals surface area contributed by atoms with Crippen LogP contribution in [-0.2, 0) is 27.4 Å². The van der Waals surface area contributed by atoms with Crippen LogP contribution in [0.2, 0.25) is 0 Å². The van der Waals surface area contributed by atoms with Gasteiger partial charge in [-0.25, -0.2) is 17.1 Å². The standard InChI is InChI=1S/C28H36F4N2O3S/c1-7-12-34(38(36,37)14-11-23-20(5)15-19(4)16-21(23)6)13-10-26(35)33-27(18(2)3)22-8-9-25(29)24(17-22)28(30,31)32/h8-9,15-17H,7,10-14H2,1-6H3,(H,33,35). The van der Waals surface area contributed by atoms with Crippen molar-refractivity contribution in [2.75, 3.05) is 18.8 Å². The molecule has 2 rings (SSSR count). The lowest BCUT2D eigenvalue weighted by Gasteiger charge is -2.22. The number of benzene rings is 2. The number of aryl methyl sites for hydroxylation is 3. The number of nitrogens with one attached hydrogen (secondary N) is 1. The van der Waals surface area contributed by atoms with Crippen LogP contribution >= 0.6 is 0 Å². The Bertz CT molecular complexity index is 1270. The van der Waals surface area contributed by atoms with E-state index in [1.165, 1.54) is 4.31 Å². The topological polar surface area (TPSA) is 66.5 Å². The van der Waals surface area contributed by atoms with Gasteiger partial charge in [-0.2, -0.15) is 13.2 Å². The van der Waals surface area contributed by atoms with Crippen molar-refractivity contribution >= 4 is 21.6 Å². The van der Waals surface area contributed by atoms with Crippen LogP contribution in [0.5, 0.6) is 0 Å². The first-order valence-electron chi connectivity index (χ1n) is 12.5. The summed E-state index contributed by atoms with van der Waals surface area (Å²) in [7, 11) is -3.67. The zero-order chi connectivity index (χ0) is 28.8. The van der Waals surface area contributed by atoms with Crippen LogP contribution in [0.25, 0.3) is 5.70 Å². The zero-order valence-electron chi connectivity index (χ0n) is 22.7. The van der Waals surface area contributed by atoms with Crippen LogP contribution in [0.4, 0.5) is 17.6 Å². The van der Waals surface area contributed by atoms with Crippen molar-refractivity contribution < 1.29 is 30.8 Å². The highest BCUT2D eigenvalue weighted by Crippen LogP contribution is 2.33. The Morgan fingerprint density at radius 2 is 1.61 bits per heavy atom. The van der Waals surface area contributed by atoms with Crippen LogP contribution in [0.3, 0.4) is 0 Å². The van der Waals surface area contributed by atoms with Gasteiger partial charge < -0.3 is 5.32 Å². The van der Waals surface area contributed by atoms with E-state index >= 15 is 0 Å². The minimum atomic E-state index is -4.89. The van der Waals surface area contributed by atoms with Gasteiger partial charge in [0.25, 0.3) is 0 Å². The SMILES string of the molecule is CCCN(CCC(=O)NC(=C(C)C)c1ccc(F)c(C(F)(F)F)c1)S(=O)(=O)CCc1c(C)cc(C)cc1C. The average Bonchev–Trinajstić information content (AvgIpc) is 2.78. The van der Waals surface area contributed by atoms with Gasteiger partial charge in [0.05, 0.1) is 11.3 Å². The molecule has 38 heavy (non-hydrogen) atoms. The van der Waals surface area contributed by atoms with Gasteiger partial charge >= 0.3 is 6.18 Å². The summed E-state index contributed by atoms with van der Waals surface area (Å²) >= 11 is 0. The van der Waals surface area contributed by atoms with Crippen molar-refractivity contribution in [3.63, 3.8) is 0 Å². The highest BCUT2D eigenvalue weighted by atomic mass is 32.2. The molecule has 2 aromatic rings. The van der Waals surface area contributed by atoms with E-state index in [0.29, 0.717) is 30.5 Å². The fraction of sp³-hybridized carbons (Fsp3) is 0.464. The van der Waals surface area contributed by atoms with Crippen molar-refractivity contribution in [1.82, 2.24) is 9.62 Å². The average molecular weight is 557 g/mol. The molecule has 0 radical (unpaired) electrons. The predicted molar refractivity (Wildman–Crippen MR) is 142 cm³/mol. The lowest BCUT2D eigenvalue weighted by Crippen LogP contribution is -2.37. The molecule has 210 valence electrons. The van der Waals surface area contributed by atoms with E-state index in [-0.39, 0.29) is 36.5 Å². The molecule has 0 spiro atoms. The Hall–Kier alpha value is -2.72. The van der Waals surface area contributed by atoms with Crippen LogP contribution in [0.15, 0.2) is 35.9 Å². The predicted octanol–water partition coefficient (Wildman–Crippen LogP) is 6.31. The molecule has 0 bridgehead atoms. The third-order valence-electron chi connectivity index (χ3n) is 6.23. The van der Waals surface area contributed by atoms with Crippen molar-refractivity contribution in [1.29, 1.82) is 0 Å². The van der Waals surface area contributed by atoms with Crippen LogP contribution < -0.4 is 5.32 Å². The first-order valence-corrected chi connectivity index (χ1v) is 14.1. The molecule has 0 aromatic heterocycles. The maximum absolute atomic E-state index is 13.7. The molecule has 0 aliphatic carbocycles. The summed E-state index contributed by atoms with van der Waals surface area (Å²) in [5.74, 6) is -2.06. The third kappa shape index (κ3) is 8.39. The van der Waals surface area contributed by atoms with E-state index in [2.05, 4.69) is 5.32 Å². The fourth-order valence-corrected chi connectivity index (χ4v) is 5.97. The Balaban J connectivity index is 2.14. The lowest BCUT2D eigenvalue weighted by molar-refractivity contribution is -0.140. The second-order valence-corrected chi connectivity index (χ2v) is 11.8. The number of allylic oxidation sites excluding steroid dienone is 1. The minimum Gasteiger partial charge on any atom is -0.326 e. The van der Waals surface area contributed by atoms with E-state index < -0.39 is 33.5 Å². The molecule has 0 aliphatic heterocycles. The first-order chi connectivity index (χ1) is 17.6. The monoisotopic (exact) mass is 556 g/mol. The molecule has 10 heteroatoms. The van der Waals surface area contributed by atoms with Gasteiger partial charge in [0.2, 0.25) is 15.9 Å². The largest absolute Gasteiger partial charge is 0.419 e. The van der Waals surface area contributed by atoms with E-state index in [9.17, 15) is 30.8 Å². The normalized spacial score (nSPS) is 12.1. The highest BCUT2D eigenvalue weighted by Gasteiger charge is 2.34. The van der Waals surface area contributed by atoms with Crippen LogP contribution in [0, 0.1) is 26.6 Å². The third-order valence-corrected chi connectivity index (χ3v) is 8.10. The molecule has 0 fully saturated rings. The van der Waals surface area contributed by atoms with Crippen LogP contribution in [-0.4, -0.2) is 37.5 Å². The summed E-state index contributed by atoms with van der Waals surface area (Å²) < 4.78 is 80.9. The van der Waals surface area contributed by atoms with Gasteiger partial charge in [0, 0.05) is 25.2 Å². The van der Waals surface area contributed by atoms with E-state index in [4.69, 9.17) is 0 Å². The van der Waals surface area contributed by atoms with Crippen molar-refractivity contribution in [3.8, 4) is 0 Å². The Morgan fingerprint density at radius 1 is 1.00 bits per heavy atom. The molecule has 2 aromatic carbocycles. The summed E-state index contributed by atoms with van der Waals surface area (Å²) in [6.07, 6.45) is -4.17. The summed E-state index contributed by atoms with van der Waals surface area (Å²) in [6.45, 7) is 11.1. The number of amides is 1. The molecule has 0 aliphatic rings. The number of halogens is 4. The molecular weight excluding hydrogens is 520 g/mol. The lowest BCUT2D eigenvalue weighted by atomic mass is 9.98. The smallest absolute Gasteiger partial charge is 0.326 e. The van der Waals surface area contributed by atoms with Gasteiger partial charge in [-0.3, -0.25) is 4.79 Å². The molecule has 0 saturated heterocycles. The fourth-order valence-electron chi connectivity index (χ4n) is 4.42. The number of sulfonamides is 1. The van der Waals surface area contributed by atoms with Gasteiger partial charge in [0.1, 0.15) is 5.82 Å². The minimum absolute atomic E-state index is 0.00829. The first kappa shape index (κ1) is 31.5. The highest BCUT2D eigenvalue weighted by molar-refractivity contribution is 7.89. The molecule has 5 nitrogen and oxygen atoms in total. The summed E-state index contributed by atoms with van der Waals surface area (Å²) in [4.78, 5) is 12.8. The van der Waals surface area contributed by atoms with Gasteiger partial charge in [0.15, 0.2) is 0 Å². The molecule has 1 N–H and O–H groups in total. The summed E-state index contributed by atoms with van der Waals surface area (Å²) in [6, 6.07) is 6.56. The number of carbonyl (C=O) groups excluding carboxylic acids is 1. The molecule has 1 amide bonds. The molecule has 0 heterocycles. The number of nitrogens with zero attached hydrogens (tertiary/aromatic N) is 1. The van der Waals surface area contributed by atoms with Crippen molar-refractivity contribution in [2.24, 2.45) is 0 Å². The number of alkyl halides is 3. The Morgan fingerprint density at radius 3 is 2.13 bits per heavy atom. The Kier molecular flexibility index (Phi) is 10.7. The number of rotatable bonds is 11. The Labute approximate surface area is 223 Å². The van der Waals surface area contributed by atoms with E-state index in [0.717, 1.165) is 28.3 Å². The zero-order valence-corrected chi connectivity index (χ0v) is 23.5. The second-order valence-electron chi connectivity index (χ2n) is 9.71. The number of hydrogen-bond acceptors (Lipinski definition) is 3. The van der Waals surface area contributed by atoms with E-state index in [1.807, 2.05) is 39.8 Å². The van der Waals surface area contributed by atoms with Gasteiger partial charge in [-0.1, -0.05) is 30.2 Å². The van der Waals surface area contributed by atoms with Gasteiger partial charge in [-0.15, -0.1) is 0 Å². The number of carbonyl (C=O) groups is 1. The molecule has 0 unspecified atom stereocenters. The van der Waals surface area contributed by atoms with Crippen LogP contribution in [0.1, 0.15) is 67.0 Å². The molecule has 0 atom stereocenters. The van der Waals surface area contributed by atoms with Crippen molar-refractivity contribution in [2.45, 2.75) is 67.0 Å².